The average Bonchev–Trinajstić information content (AvgIpc) is 2.24. The lowest BCUT2D eigenvalue weighted by atomic mass is 9.74. The summed E-state index contributed by atoms with van der Waals surface area (Å²) in [6, 6.07) is 6.27. The van der Waals surface area contributed by atoms with Crippen LogP contribution >= 0.6 is 0 Å². The normalized spacial score (nSPS) is 17.5. The summed E-state index contributed by atoms with van der Waals surface area (Å²) in [6.07, 6.45) is 2.31. The minimum Gasteiger partial charge on any atom is -0.481 e. The maximum atomic E-state index is 11.5. The first kappa shape index (κ1) is 13.8. The van der Waals surface area contributed by atoms with Crippen molar-refractivity contribution in [3.8, 4) is 0 Å². The van der Waals surface area contributed by atoms with Gasteiger partial charge in [-0.3, -0.25) is 4.79 Å². The third-order valence-corrected chi connectivity index (χ3v) is 4.36. The van der Waals surface area contributed by atoms with Gasteiger partial charge in [0.05, 0.1) is 12.1 Å². The highest BCUT2D eigenvalue weighted by Gasteiger charge is 2.39. The van der Waals surface area contributed by atoms with E-state index < -0.39 is 21.5 Å². The zero-order valence-corrected chi connectivity index (χ0v) is 11.1. The minimum absolute atomic E-state index is 0.00772. The molecule has 0 radical (unpaired) electrons. The first-order chi connectivity index (χ1) is 8.82. The lowest BCUT2D eigenvalue weighted by molar-refractivity contribution is -0.138. The predicted octanol–water partition coefficient (Wildman–Crippen LogP) is 1.14. The first-order valence-electron chi connectivity index (χ1n) is 5.94. The Kier molecular flexibility index (Phi) is 3.51. The zero-order valence-electron chi connectivity index (χ0n) is 10.3. The second kappa shape index (κ2) is 4.82. The lowest BCUT2D eigenvalue weighted by Crippen LogP contribution is -2.47. The topological polar surface area (TPSA) is 109 Å². The van der Waals surface area contributed by atoms with Crippen LogP contribution in [-0.2, 0) is 14.8 Å². The third-order valence-electron chi connectivity index (χ3n) is 3.39. The molecule has 1 saturated carbocycles. The van der Waals surface area contributed by atoms with E-state index in [0.717, 1.165) is 6.42 Å². The molecule has 0 unspecified atom stereocenters. The Bertz CT molecular complexity index is 594. The number of hydrogen-bond donors (Lipinski definition) is 3. The second-order valence-corrected chi connectivity index (χ2v) is 6.40. The Morgan fingerprint density at radius 1 is 1.37 bits per heavy atom. The smallest absolute Gasteiger partial charge is 0.305 e. The SMILES string of the molecule is NS(=O)(=O)c1ccccc1NC1(CC(=O)O)CCC1. The molecule has 0 heterocycles. The van der Waals surface area contributed by atoms with E-state index in [-0.39, 0.29) is 11.3 Å². The molecule has 1 aliphatic carbocycles. The maximum Gasteiger partial charge on any atom is 0.305 e. The maximum absolute atomic E-state index is 11.5. The van der Waals surface area contributed by atoms with Crippen LogP contribution < -0.4 is 10.5 Å². The van der Waals surface area contributed by atoms with Crippen LogP contribution in [0.2, 0.25) is 0 Å². The van der Waals surface area contributed by atoms with Crippen molar-refractivity contribution < 1.29 is 18.3 Å². The van der Waals surface area contributed by atoms with Crippen molar-refractivity contribution in [1.82, 2.24) is 0 Å². The highest BCUT2D eigenvalue weighted by Crippen LogP contribution is 2.39. The Labute approximate surface area is 111 Å². The molecule has 2 rings (SSSR count). The van der Waals surface area contributed by atoms with Crippen LogP contribution in [0.1, 0.15) is 25.7 Å². The number of sulfonamides is 1. The van der Waals surface area contributed by atoms with Crippen LogP contribution in [0.3, 0.4) is 0 Å². The molecular formula is C12H16N2O4S. The zero-order chi connectivity index (χ0) is 14.1. The van der Waals surface area contributed by atoms with Gasteiger partial charge in [0, 0.05) is 5.54 Å². The fourth-order valence-corrected chi connectivity index (χ4v) is 3.04. The summed E-state index contributed by atoms with van der Waals surface area (Å²) < 4.78 is 23.0. The number of anilines is 1. The van der Waals surface area contributed by atoms with Crippen molar-refractivity contribution in [2.75, 3.05) is 5.32 Å². The van der Waals surface area contributed by atoms with Gasteiger partial charge in [0.2, 0.25) is 10.0 Å². The number of carboxylic acid groups (broad SMARTS) is 1. The van der Waals surface area contributed by atoms with E-state index in [1.165, 1.54) is 6.07 Å². The summed E-state index contributed by atoms with van der Waals surface area (Å²) in [5.74, 6) is -0.903. The fourth-order valence-electron chi connectivity index (χ4n) is 2.34. The van der Waals surface area contributed by atoms with Gasteiger partial charge in [-0.25, -0.2) is 13.6 Å². The molecule has 104 valence electrons. The lowest BCUT2D eigenvalue weighted by Gasteiger charge is -2.42. The average molecular weight is 284 g/mol. The molecule has 1 aliphatic rings. The standard InChI is InChI=1S/C12H16N2O4S/c13-19(17,18)10-5-2-1-4-9(10)14-12(6-3-7-12)8-11(15)16/h1-2,4-5,14H,3,6-8H2,(H,15,16)(H2,13,17,18). The van der Waals surface area contributed by atoms with Crippen molar-refractivity contribution in [1.29, 1.82) is 0 Å². The Morgan fingerprint density at radius 2 is 2.00 bits per heavy atom. The quantitative estimate of drug-likeness (QED) is 0.751. The summed E-state index contributed by atoms with van der Waals surface area (Å²) in [5, 5.41) is 17.1. The van der Waals surface area contributed by atoms with Crippen LogP contribution in [0.4, 0.5) is 5.69 Å². The number of nitrogens with one attached hydrogen (secondary N) is 1. The van der Waals surface area contributed by atoms with Gasteiger partial charge in [-0.15, -0.1) is 0 Å². The van der Waals surface area contributed by atoms with E-state index in [1.54, 1.807) is 18.2 Å². The number of aliphatic carboxylic acids is 1. The molecule has 6 nitrogen and oxygen atoms in total. The molecule has 0 bridgehead atoms. The molecule has 0 saturated heterocycles. The number of hydrogen-bond acceptors (Lipinski definition) is 4. The molecule has 0 atom stereocenters. The van der Waals surface area contributed by atoms with Gasteiger partial charge in [0.1, 0.15) is 4.90 Å². The van der Waals surface area contributed by atoms with Gasteiger partial charge in [-0.05, 0) is 31.4 Å². The van der Waals surface area contributed by atoms with Gasteiger partial charge in [-0.1, -0.05) is 12.1 Å². The number of carbonyl (C=O) groups is 1. The highest BCUT2D eigenvalue weighted by atomic mass is 32.2. The van der Waals surface area contributed by atoms with Crippen LogP contribution in [-0.4, -0.2) is 25.0 Å². The summed E-state index contributed by atoms with van der Waals surface area (Å²) >= 11 is 0. The van der Waals surface area contributed by atoms with Crippen molar-refractivity contribution in [3.63, 3.8) is 0 Å². The van der Waals surface area contributed by atoms with Crippen molar-refractivity contribution >= 4 is 21.7 Å². The second-order valence-electron chi connectivity index (χ2n) is 4.87. The van der Waals surface area contributed by atoms with Crippen LogP contribution in [0.15, 0.2) is 29.2 Å². The Morgan fingerprint density at radius 3 is 2.47 bits per heavy atom. The monoisotopic (exact) mass is 284 g/mol. The van der Waals surface area contributed by atoms with Crippen LogP contribution in [0.25, 0.3) is 0 Å². The molecule has 0 amide bonds. The number of primary sulfonamides is 1. The summed E-state index contributed by atoms with van der Waals surface area (Å²) in [4.78, 5) is 10.9. The Balaban J connectivity index is 2.31. The van der Waals surface area contributed by atoms with Gasteiger partial charge >= 0.3 is 5.97 Å². The number of benzene rings is 1. The van der Waals surface area contributed by atoms with E-state index in [0.29, 0.717) is 18.5 Å². The van der Waals surface area contributed by atoms with Gasteiger partial charge < -0.3 is 10.4 Å². The predicted molar refractivity (Wildman–Crippen MR) is 70.3 cm³/mol. The molecule has 1 fully saturated rings. The van der Waals surface area contributed by atoms with Crippen molar-refractivity contribution in [2.45, 2.75) is 36.1 Å². The molecule has 1 aromatic rings. The molecule has 19 heavy (non-hydrogen) atoms. The third kappa shape index (κ3) is 3.05. The van der Waals surface area contributed by atoms with Gasteiger partial charge in [0.25, 0.3) is 0 Å². The summed E-state index contributed by atoms with van der Waals surface area (Å²) in [5.41, 5.74) is -0.196. The molecule has 0 spiro atoms. The Hall–Kier alpha value is -1.60. The fraction of sp³-hybridized carbons (Fsp3) is 0.417. The number of carboxylic acids is 1. The highest BCUT2D eigenvalue weighted by molar-refractivity contribution is 7.89. The first-order valence-corrected chi connectivity index (χ1v) is 7.49. The number of rotatable bonds is 5. The van der Waals surface area contributed by atoms with E-state index in [4.69, 9.17) is 10.2 Å². The van der Waals surface area contributed by atoms with E-state index in [1.807, 2.05) is 0 Å². The molecule has 0 aliphatic heterocycles. The van der Waals surface area contributed by atoms with Gasteiger partial charge in [0.15, 0.2) is 0 Å². The van der Waals surface area contributed by atoms with Crippen molar-refractivity contribution in [2.24, 2.45) is 5.14 Å². The molecule has 1 aromatic carbocycles. The minimum atomic E-state index is -3.83. The van der Waals surface area contributed by atoms with Crippen molar-refractivity contribution in [3.05, 3.63) is 24.3 Å². The van der Waals surface area contributed by atoms with E-state index >= 15 is 0 Å². The van der Waals surface area contributed by atoms with Crippen LogP contribution in [0.5, 0.6) is 0 Å². The molecule has 4 N–H and O–H groups in total. The van der Waals surface area contributed by atoms with Crippen LogP contribution in [0, 0.1) is 0 Å². The molecule has 7 heteroatoms. The number of para-hydroxylation sites is 1. The van der Waals surface area contributed by atoms with Gasteiger partial charge in [-0.2, -0.15) is 0 Å². The summed E-state index contributed by atoms with van der Waals surface area (Å²) in [7, 11) is -3.83. The summed E-state index contributed by atoms with van der Waals surface area (Å²) in [6.45, 7) is 0. The largest absolute Gasteiger partial charge is 0.481 e. The molecular weight excluding hydrogens is 268 g/mol. The number of nitrogens with two attached hydrogens (primary N) is 1. The van der Waals surface area contributed by atoms with E-state index in [2.05, 4.69) is 5.32 Å². The molecule has 0 aromatic heterocycles. The van der Waals surface area contributed by atoms with E-state index in [9.17, 15) is 13.2 Å².